The molecule has 112 valence electrons. The van der Waals surface area contributed by atoms with Crippen LogP contribution >= 0.6 is 0 Å². The van der Waals surface area contributed by atoms with Crippen LogP contribution in [0.25, 0.3) is 16.3 Å². The van der Waals surface area contributed by atoms with Crippen LogP contribution in [0.15, 0.2) is 59.9 Å². The highest BCUT2D eigenvalue weighted by atomic mass is 16.4. The molecule has 1 aromatic carbocycles. The molecule has 3 rings (SSSR count). The Hall–Kier alpha value is -2.88. The Morgan fingerprint density at radius 2 is 1.82 bits per heavy atom. The summed E-state index contributed by atoms with van der Waals surface area (Å²) in [6.07, 6.45) is 4.43. The van der Waals surface area contributed by atoms with Gasteiger partial charge >= 0.3 is 0 Å². The van der Waals surface area contributed by atoms with E-state index in [-0.39, 0.29) is 5.56 Å². The molecule has 0 aliphatic heterocycles. The number of rotatable bonds is 2. The van der Waals surface area contributed by atoms with Crippen molar-refractivity contribution in [3.63, 3.8) is 0 Å². The Bertz CT molecular complexity index is 852. The Morgan fingerprint density at radius 1 is 1.23 bits per heavy atom. The average molecular weight is 295 g/mol. The van der Waals surface area contributed by atoms with Crippen molar-refractivity contribution in [1.82, 2.24) is 4.98 Å². The fourth-order valence-electron chi connectivity index (χ4n) is 2.61. The molecule has 0 unspecified atom stereocenters. The Balaban J connectivity index is 0.000000396. The molecule has 4 nitrogen and oxygen atoms in total. The van der Waals surface area contributed by atoms with Gasteiger partial charge in [0, 0.05) is 24.3 Å². The molecule has 1 aliphatic rings. The fraction of sp³-hybridized carbons (Fsp3) is 0.111. The highest BCUT2D eigenvalue weighted by Crippen LogP contribution is 2.35. The maximum atomic E-state index is 12.1. The largest absolute Gasteiger partial charge is 0.481 e. The van der Waals surface area contributed by atoms with Gasteiger partial charge in [0.2, 0.25) is 0 Å². The van der Waals surface area contributed by atoms with E-state index in [0.717, 1.165) is 46.5 Å². The SMILES string of the molecule is C=CC1=C(C=C)c2[nH]c(=O)c3ccccc3c2C1.CC(=O)O. The van der Waals surface area contributed by atoms with Gasteiger partial charge in [-0.3, -0.25) is 9.59 Å². The number of hydrogen-bond acceptors (Lipinski definition) is 2. The molecule has 0 atom stereocenters. The highest BCUT2D eigenvalue weighted by Gasteiger charge is 2.21. The summed E-state index contributed by atoms with van der Waals surface area (Å²) >= 11 is 0. The van der Waals surface area contributed by atoms with Crippen molar-refractivity contribution in [2.75, 3.05) is 0 Å². The lowest BCUT2D eigenvalue weighted by Gasteiger charge is -2.05. The summed E-state index contributed by atoms with van der Waals surface area (Å²) in [5.74, 6) is -0.833. The number of carbonyl (C=O) groups is 1. The molecule has 2 N–H and O–H groups in total. The van der Waals surface area contributed by atoms with Crippen LogP contribution in [0.4, 0.5) is 0 Å². The van der Waals surface area contributed by atoms with Crippen LogP contribution in [0.5, 0.6) is 0 Å². The van der Waals surface area contributed by atoms with Crippen molar-refractivity contribution in [3.05, 3.63) is 76.8 Å². The summed E-state index contributed by atoms with van der Waals surface area (Å²) in [6.45, 7) is 8.73. The first-order chi connectivity index (χ1) is 10.5. The van der Waals surface area contributed by atoms with Gasteiger partial charge in [-0.25, -0.2) is 0 Å². The summed E-state index contributed by atoms with van der Waals surface area (Å²) < 4.78 is 0. The average Bonchev–Trinajstić information content (AvgIpc) is 2.84. The standard InChI is InChI=1S/C16H13NO.C2H4O2/c1-3-10-9-14-12-7-5-6-8-13(12)16(18)17-15(14)11(10)4-2;1-2(3)4/h3-8H,1-2,9H2,(H,17,18);1H3,(H,3,4). The number of aromatic amines is 1. The van der Waals surface area contributed by atoms with Crippen molar-refractivity contribution >= 4 is 22.3 Å². The van der Waals surface area contributed by atoms with E-state index >= 15 is 0 Å². The van der Waals surface area contributed by atoms with Gasteiger partial charge in [-0.1, -0.05) is 43.5 Å². The molecular weight excluding hydrogens is 278 g/mol. The Labute approximate surface area is 128 Å². The van der Waals surface area contributed by atoms with Gasteiger partial charge < -0.3 is 10.1 Å². The topological polar surface area (TPSA) is 70.2 Å². The summed E-state index contributed by atoms with van der Waals surface area (Å²) in [5.41, 5.74) is 4.11. The van der Waals surface area contributed by atoms with Crippen molar-refractivity contribution in [2.45, 2.75) is 13.3 Å². The maximum absolute atomic E-state index is 12.1. The molecule has 0 saturated heterocycles. The van der Waals surface area contributed by atoms with Crippen LogP contribution in [-0.2, 0) is 11.2 Å². The predicted molar refractivity (Wildman–Crippen MR) is 88.9 cm³/mol. The third-order valence-electron chi connectivity index (χ3n) is 3.47. The smallest absolute Gasteiger partial charge is 0.300 e. The number of H-pyrrole nitrogens is 1. The van der Waals surface area contributed by atoms with E-state index in [0.29, 0.717) is 0 Å². The molecule has 2 aromatic rings. The second-order valence-corrected chi connectivity index (χ2v) is 4.90. The van der Waals surface area contributed by atoms with Gasteiger partial charge in [0.25, 0.3) is 11.5 Å². The summed E-state index contributed by atoms with van der Waals surface area (Å²) in [6, 6.07) is 7.70. The van der Waals surface area contributed by atoms with E-state index in [4.69, 9.17) is 9.90 Å². The van der Waals surface area contributed by atoms with E-state index < -0.39 is 5.97 Å². The Morgan fingerprint density at radius 3 is 2.36 bits per heavy atom. The number of allylic oxidation sites excluding steroid dienone is 4. The van der Waals surface area contributed by atoms with E-state index in [1.54, 1.807) is 6.08 Å². The highest BCUT2D eigenvalue weighted by molar-refractivity contribution is 5.94. The molecule has 0 saturated carbocycles. The first-order valence-electron chi connectivity index (χ1n) is 6.81. The minimum atomic E-state index is -0.833. The second-order valence-electron chi connectivity index (χ2n) is 4.90. The summed E-state index contributed by atoms with van der Waals surface area (Å²) in [7, 11) is 0. The number of carboxylic acid groups (broad SMARTS) is 1. The van der Waals surface area contributed by atoms with Gasteiger partial charge in [0.15, 0.2) is 0 Å². The predicted octanol–water partition coefficient (Wildman–Crippen LogP) is 3.30. The van der Waals surface area contributed by atoms with Crippen LogP contribution in [0.2, 0.25) is 0 Å². The molecule has 0 radical (unpaired) electrons. The van der Waals surface area contributed by atoms with E-state index in [2.05, 4.69) is 18.1 Å². The number of hydrogen-bond donors (Lipinski definition) is 2. The fourth-order valence-corrected chi connectivity index (χ4v) is 2.61. The molecule has 1 aliphatic carbocycles. The van der Waals surface area contributed by atoms with Crippen molar-refractivity contribution in [2.24, 2.45) is 0 Å². The van der Waals surface area contributed by atoms with Crippen LogP contribution in [0.1, 0.15) is 18.2 Å². The van der Waals surface area contributed by atoms with Gasteiger partial charge in [0.1, 0.15) is 0 Å². The van der Waals surface area contributed by atoms with Crippen molar-refractivity contribution in [1.29, 1.82) is 0 Å². The molecular formula is C18H17NO3. The van der Waals surface area contributed by atoms with Gasteiger partial charge in [-0.15, -0.1) is 0 Å². The summed E-state index contributed by atoms with van der Waals surface area (Å²) in [4.78, 5) is 24.0. The van der Waals surface area contributed by atoms with E-state index in [1.807, 2.05) is 30.3 Å². The first-order valence-corrected chi connectivity index (χ1v) is 6.81. The minimum Gasteiger partial charge on any atom is -0.481 e. The zero-order chi connectivity index (χ0) is 16.3. The zero-order valence-corrected chi connectivity index (χ0v) is 12.3. The van der Waals surface area contributed by atoms with Gasteiger partial charge in [0.05, 0.1) is 5.69 Å². The summed E-state index contributed by atoms with van der Waals surface area (Å²) in [5, 5.41) is 9.18. The maximum Gasteiger partial charge on any atom is 0.300 e. The lowest BCUT2D eigenvalue weighted by molar-refractivity contribution is -0.134. The lowest BCUT2D eigenvalue weighted by Crippen LogP contribution is -2.10. The molecule has 1 aromatic heterocycles. The van der Waals surface area contributed by atoms with Gasteiger partial charge in [-0.2, -0.15) is 0 Å². The van der Waals surface area contributed by atoms with Crippen LogP contribution in [-0.4, -0.2) is 16.1 Å². The molecule has 0 fully saturated rings. The van der Waals surface area contributed by atoms with Crippen LogP contribution < -0.4 is 5.56 Å². The second kappa shape index (κ2) is 6.26. The number of carboxylic acids is 1. The normalized spacial score (nSPS) is 12.4. The van der Waals surface area contributed by atoms with Crippen LogP contribution in [0.3, 0.4) is 0 Å². The molecule has 4 heteroatoms. The Kier molecular flexibility index (Phi) is 4.41. The molecule has 22 heavy (non-hydrogen) atoms. The monoisotopic (exact) mass is 295 g/mol. The van der Waals surface area contributed by atoms with Crippen LogP contribution in [0, 0.1) is 0 Å². The number of aromatic nitrogens is 1. The first kappa shape index (κ1) is 15.5. The number of aliphatic carboxylic acids is 1. The molecule has 1 heterocycles. The number of pyridine rings is 1. The third kappa shape index (κ3) is 2.76. The lowest BCUT2D eigenvalue weighted by atomic mass is 10.0. The number of fused-ring (bicyclic) bond motifs is 3. The minimum absolute atomic E-state index is 0.0472. The molecule has 0 amide bonds. The number of nitrogens with one attached hydrogen (secondary N) is 1. The van der Waals surface area contributed by atoms with Crippen molar-refractivity contribution in [3.8, 4) is 0 Å². The van der Waals surface area contributed by atoms with E-state index in [1.165, 1.54) is 0 Å². The quantitative estimate of drug-likeness (QED) is 0.893. The van der Waals surface area contributed by atoms with E-state index in [9.17, 15) is 4.79 Å². The van der Waals surface area contributed by atoms with Crippen molar-refractivity contribution < 1.29 is 9.90 Å². The number of benzene rings is 1. The molecule has 0 spiro atoms. The third-order valence-corrected chi connectivity index (χ3v) is 3.47. The molecule has 0 bridgehead atoms. The van der Waals surface area contributed by atoms with Gasteiger partial charge in [-0.05, 0) is 22.6 Å². The zero-order valence-electron chi connectivity index (χ0n) is 12.3.